The number of nitrogens with zero attached hydrogens (tertiary/aromatic N) is 2. The Balaban J connectivity index is 1.71. The number of carbonyl (C=O) groups excluding carboxylic acids is 3. The molecule has 448 valence electrons. The van der Waals surface area contributed by atoms with E-state index in [4.69, 9.17) is 53.9 Å². The monoisotopic (exact) mass is 1110 g/mol. The van der Waals surface area contributed by atoms with Crippen LogP contribution in [-0.4, -0.2) is 185 Å². The van der Waals surface area contributed by atoms with Crippen molar-refractivity contribution < 1.29 is 77.2 Å². The number of allylic oxidation sites excluding steroid dienone is 5. The molecule has 2 saturated heterocycles. The highest BCUT2D eigenvalue weighted by molar-refractivity contribution is 6.39. The predicted octanol–water partition coefficient (Wildman–Crippen LogP) is 7.11. The van der Waals surface area contributed by atoms with Crippen molar-refractivity contribution in [3.05, 3.63) is 47.6 Å². The number of cyclic esters (lactones) is 1. The number of oxime groups is 1. The molecule has 18 heteroatoms. The summed E-state index contributed by atoms with van der Waals surface area (Å²) in [6.45, 7) is 15.9. The quantitative estimate of drug-likeness (QED) is 0.0311. The summed E-state index contributed by atoms with van der Waals surface area (Å²) in [5.74, 6) is -3.91. The van der Waals surface area contributed by atoms with E-state index in [9.17, 15) is 29.7 Å². The van der Waals surface area contributed by atoms with Gasteiger partial charge in [0.15, 0.2) is 0 Å². The second kappa shape index (κ2) is 35.2. The third-order valence-electron chi connectivity index (χ3n) is 16.4. The van der Waals surface area contributed by atoms with Gasteiger partial charge in [-0.1, -0.05) is 82.2 Å². The van der Waals surface area contributed by atoms with Gasteiger partial charge in [0.05, 0.1) is 69.3 Å². The average Bonchev–Trinajstić information content (AvgIpc) is 3.55. The highest BCUT2D eigenvalue weighted by atomic mass is 16.6. The number of ether oxygens (including phenoxy) is 9. The van der Waals surface area contributed by atoms with E-state index >= 15 is 0 Å². The van der Waals surface area contributed by atoms with Crippen molar-refractivity contribution in [2.45, 2.75) is 186 Å². The highest BCUT2D eigenvalue weighted by Crippen LogP contribution is 2.38. The first-order valence-corrected chi connectivity index (χ1v) is 28.8. The fourth-order valence-corrected chi connectivity index (χ4v) is 11.5. The van der Waals surface area contributed by atoms with Crippen LogP contribution >= 0.6 is 0 Å². The Hall–Kier alpha value is -3.84. The smallest absolute Gasteiger partial charge is 0.329 e. The lowest BCUT2D eigenvalue weighted by molar-refractivity contribution is -0.265. The van der Waals surface area contributed by atoms with E-state index in [0.29, 0.717) is 95.5 Å². The van der Waals surface area contributed by atoms with E-state index in [0.717, 1.165) is 12.0 Å². The number of fused-ring (bicyclic) bond motifs is 3. The Morgan fingerprint density at radius 1 is 0.797 bits per heavy atom. The lowest BCUT2D eigenvalue weighted by Gasteiger charge is -2.43. The van der Waals surface area contributed by atoms with E-state index in [1.807, 2.05) is 65.0 Å². The van der Waals surface area contributed by atoms with Gasteiger partial charge in [0.1, 0.15) is 37.6 Å². The molecule has 4 aliphatic rings. The number of aliphatic hydroxyl groups excluding tert-OH is 2. The maximum atomic E-state index is 14.7. The number of aliphatic hydroxyl groups is 3. The minimum atomic E-state index is -2.41. The summed E-state index contributed by atoms with van der Waals surface area (Å²) in [6.07, 6.45) is 18.2. The molecule has 3 heterocycles. The van der Waals surface area contributed by atoms with Crippen LogP contribution in [0.25, 0.3) is 0 Å². The van der Waals surface area contributed by atoms with Gasteiger partial charge in [-0.25, -0.2) is 4.79 Å². The van der Waals surface area contributed by atoms with Gasteiger partial charge in [-0.2, -0.15) is 0 Å². The van der Waals surface area contributed by atoms with Crippen molar-refractivity contribution in [3.8, 4) is 12.3 Å². The molecule has 3 aliphatic heterocycles. The molecular weight excluding hydrogens is 1020 g/mol. The summed E-state index contributed by atoms with van der Waals surface area (Å²) in [5.41, 5.74) is 2.02. The van der Waals surface area contributed by atoms with Crippen molar-refractivity contribution in [1.82, 2.24) is 4.90 Å². The number of rotatable bonds is 18. The SMILES string of the molecule is C#CCOCCOCCOCCON=C1[C@H](C)C[C@H](C)/C=C/C=C/C=C(\C)[C@@H](OC)C[C@@H]2CC[C@@H](C)[C@@](O)(O2)C(=O)C(=O)N2CCCC[C@H]2C(=O)O[C@H]([C@H](C)C[C@@H]2CC[C@@H](O)[C@H](OC)C2)C[C@@H](OC)[C@H](C)/C=C(\C)[C@@H](O)[C@H]1OC. The van der Waals surface area contributed by atoms with Crippen LogP contribution in [-0.2, 0) is 61.9 Å². The number of hydrogen-bond donors (Lipinski definition) is 3. The summed E-state index contributed by atoms with van der Waals surface area (Å²) in [6, 6.07) is -1.08. The first-order valence-electron chi connectivity index (χ1n) is 28.8. The number of methoxy groups -OCH3 is 4. The van der Waals surface area contributed by atoms with Crippen LogP contribution in [0.2, 0.25) is 0 Å². The second-order valence-corrected chi connectivity index (χ2v) is 22.4. The van der Waals surface area contributed by atoms with Gasteiger partial charge < -0.3 is 67.7 Å². The van der Waals surface area contributed by atoms with Crippen LogP contribution < -0.4 is 0 Å². The molecule has 0 radical (unpaired) electrons. The number of Topliss-reactive ketones (excluding diaryl/α,β-unsaturated/α-hetero) is 1. The van der Waals surface area contributed by atoms with Gasteiger partial charge in [0.2, 0.25) is 5.79 Å². The summed E-state index contributed by atoms with van der Waals surface area (Å²) in [4.78, 5) is 50.7. The number of piperidine rings is 1. The molecule has 1 amide bonds. The van der Waals surface area contributed by atoms with Crippen LogP contribution in [0, 0.1) is 47.9 Å². The van der Waals surface area contributed by atoms with Crippen molar-refractivity contribution >= 4 is 23.4 Å². The molecule has 3 fully saturated rings. The Morgan fingerprint density at radius 2 is 1.49 bits per heavy atom. The van der Waals surface area contributed by atoms with Crippen molar-refractivity contribution in [2.75, 3.05) is 81.2 Å². The van der Waals surface area contributed by atoms with Crippen LogP contribution in [0.3, 0.4) is 0 Å². The van der Waals surface area contributed by atoms with E-state index in [-0.39, 0.29) is 74.9 Å². The minimum absolute atomic E-state index is 0.0715. The van der Waals surface area contributed by atoms with Crippen LogP contribution in [0.4, 0.5) is 0 Å². The summed E-state index contributed by atoms with van der Waals surface area (Å²) in [5, 5.41) is 39.5. The fraction of sp³-hybridized carbons (Fsp3) is 0.770. The van der Waals surface area contributed by atoms with Gasteiger partial charge >= 0.3 is 5.97 Å². The molecule has 1 aliphatic carbocycles. The molecule has 0 aromatic rings. The molecule has 16 atom stereocenters. The molecule has 0 unspecified atom stereocenters. The maximum absolute atomic E-state index is 14.7. The molecule has 4 rings (SSSR count). The normalized spacial score (nSPS) is 36.6. The Morgan fingerprint density at radius 3 is 2.16 bits per heavy atom. The summed E-state index contributed by atoms with van der Waals surface area (Å²) in [7, 11) is 6.34. The number of carbonyl (C=O) groups is 3. The molecule has 0 aromatic carbocycles. The number of hydrogen-bond acceptors (Lipinski definition) is 17. The van der Waals surface area contributed by atoms with Crippen LogP contribution in [0.15, 0.2) is 52.8 Å². The minimum Gasteiger partial charge on any atom is -0.460 e. The number of ketones is 1. The third kappa shape index (κ3) is 20.8. The summed E-state index contributed by atoms with van der Waals surface area (Å²) < 4.78 is 53.1. The zero-order chi connectivity index (χ0) is 58.1. The topological polar surface area (TPSA) is 220 Å². The highest BCUT2D eigenvalue weighted by Gasteiger charge is 2.53. The van der Waals surface area contributed by atoms with E-state index in [1.54, 1.807) is 28.3 Å². The van der Waals surface area contributed by atoms with Gasteiger partial charge in [0.25, 0.3) is 11.7 Å². The molecule has 18 nitrogen and oxygen atoms in total. The van der Waals surface area contributed by atoms with Gasteiger partial charge in [-0.05, 0) is 107 Å². The zero-order valence-electron chi connectivity index (χ0n) is 49.4. The molecule has 2 bridgehead atoms. The van der Waals surface area contributed by atoms with E-state index < -0.39 is 78.1 Å². The first-order chi connectivity index (χ1) is 37.8. The lowest BCUT2D eigenvalue weighted by Crippen LogP contribution is -2.61. The zero-order valence-corrected chi connectivity index (χ0v) is 49.4. The molecular formula is C61H98N2O16. The average molecular weight is 1120 g/mol. The van der Waals surface area contributed by atoms with Crippen LogP contribution in [0.1, 0.15) is 126 Å². The molecule has 0 aromatic heterocycles. The van der Waals surface area contributed by atoms with Crippen molar-refractivity contribution in [1.29, 1.82) is 0 Å². The Kier molecular flexibility index (Phi) is 30.2. The third-order valence-corrected chi connectivity index (χ3v) is 16.4. The van der Waals surface area contributed by atoms with E-state index in [2.05, 4.69) is 24.1 Å². The summed E-state index contributed by atoms with van der Waals surface area (Å²) >= 11 is 0. The largest absolute Gasteiger partial charge is 0.460 e. The van der Waals surface area contributed by atoms with Crippen molar-refractivity contribution in [3.63, 3.8) is 0 Å². The Bertz CT molecular complexity index is 2050. The van der Waals surface area contributed by atoms with Gasteiger partial charge in [0, 0.05) is 65.6 Å². The molecule has 79 heavy (non-hydrogen) atoms. The van der Waals surface area contributed by atoms with Gasteiger partial charge in [-0.15, -0.1) is 6.42 Å². The maximum Gasteiger partial charge on any atom is 0.329 e. The predicted molar refractivity (Wildman–Crippen MR) is 301 cm³/mol. The number of terminal acetylenes is 1. The standard InChI is InChI=1S/C61H98N2O16/c1-13-27-74-28-29-75-30-31-76-32-33-77-62-55-44(6)34-40(2)19-15-14-16-20-41(3)51(70-9)38-48-24-22-46(8)61(69,79-48)58(66)59(67)63-26-18-17-21-49(63)60(68)78-53(43(5)36-47-23-25-50(64)54(37-47)72-11)39-52(71-10)42(4)35-45(7)56(65)57(55)73-12/h1,14-16,19-20,35,40,42-44,46-54,56-57,64-65,69H,17-18,21-34,36-39H2,2-12H3/b16-14+,19-15+,41-20+,45-35+,62-55?/t40-,42-,43-,44-,46-,47+,48+,49+,50-,51+,52-,53+,54-,56-,57+,61-/m1/s1. The molecule has 1 saturated carbocycles. The first kappa shape index (κ1) is 67.7. The van der Waals surface area contributed by atoms with E-state index in [1.165, 1.54) is 12.0 Å². The molecule has 3 N–H and O–H groups in total. The van der Waals surface area contributed by atoms with Crippen LogP contribution in [0.5, 0.6) is 0 Å². The molecule has 0 spiro atoms. The second-order valence-electron chi connectivity index (χ2n) is 22.4. The van der Waals surface area contributed by atoms with Gasteiger partial charge in [-0.3, -0.25) is 9.59 Å². The number of esters is 1. The number of amides is 1. The fourth-order valence-electron chi connectivity index (χ4n) is 11.5. The Labute approximate surface area is 471 Å². The lowest BCUT2D eigenvalue weighted by atomic mass is 9.78. The van der Waals surface area contributed by atoms with Crippen molar-refractivity contribution in [2.24, 2.45) is 40.7 Å².